The third-order valence-electron chi connectivity index (χ3n) is 5.14. The molecule has 0 saturated carbocycles. The summed E-state index contributed by atoms with van der Waals surface area (Å²) < 4.78 is 10.7. The molecular weight excluding hydrogens is 396 g/mol. The fourth-order valence-electron chi connectivity index (χ4n) is 3.66. The Morgan fingerprint density at radius 1 is 1.07 bits per heavy atom. The average molecular weight is 417 g/mol. The van der Waals surface area contributed by atoms with Crippen molar-refractivity contribution in [2.45, 2.75) is 19.8 Å². The van der Waals surface area contributed by atoms with Gasteiger partial charge in [0, 0.05) is 23.1 Å². The molecule has 1 aliphatic rings. The molecule has 1 aliphatic heterocycles. The number of aryl methyl sites for hydroxylation is 1. The Hall–Kier alpha value is -3.38. The number of hydrogen-bond acceptors (Lipinski definition) is 5. The van der Waals surface area contributed by atoms with E-state index in [4.69, 9.17) is 14.5 Å². The van der Waals surface area contributed by atoms with Crippen molar-refractivity contribution in [3.8, 4) is 11.5 Å². The van der Waals surface area contributed by atoms with Gasteiger partial charge < -0.3 is 14.8 Å². The molecule has 1 aromatic heterocycles. The van der Waals surface area contributed by atoms with Crippen molar-refractivity contribution in [2.24, 2.45) is 0 Å². The van der Waals surface area contributed by atoms with Gasteiger partial charge in [0.1, 0.15) is 0 Å². The number of nitrogens with zero attached hydrogens (tertiary/aromatic N) is 1. The fraction of sp³-hybridized carbons (Fsp3) is 0.167. The van der Waals surface area contributed by atoms with Crippen molar-refractivity contribution >= 4 is 33.7 Å². The summed E-state index contributed by atoms with van der Waals surface area (Å²) in [7, 11) is 0. The minimum absolute atomic E-state index is 0.0719. The summed E-state index contributed by atoms with van der Waals surface area (Å²) in [5.41, 5.74) is 2.86. The van der Waals surface area contributed by atoms with Gasteiger partial charge in [0.15, 0.2) is 11.5 Å². The molecule has 150 valence electrons. The molecule has 4 aromatic rings. The molecule has 5 nitrogen and oxygen atoms in total. The van der Waals surface area contributed by atoms with E-state index in [1.54, 1.807) is 23.5 Å². The third-order valence-corrected chi connectivity index (χ3v) is 6.29. The molecule has 0 spiro atoms. The highest BCUT2D eigenvalue weighted by Crippen LogP contribution is 2.34. The minimum Gasteiger partial charge on any atom is -0.454 e. The molecule has 1 amide bonds. The number of ether oxygens (including phenoxy) is 2. The number of hydrogen-bond donors (Lipinski definition) is 1. The van der Waals surface area contributed by atoms with E-state index in [1.807, 2.05) is 13.0 Å². The Labute approximate surface area is 178 Å². The summed E-state index contributed by atoms with van der Waals surface area (Å²) in [6, 6.07) is 20.1. The largest absolute Gasteiger partial charge is 0.454 e. The van der Waals surface area contributed by atoms with Gasteiger partial charge in [0.05, 0.1) is 17.1 Å². The van der Waals surface area contributed by atoms with Crippen LogP contribution in [0.25, 0.3) is 10.8 Å². The first-order valence-corrected chi connectivity index (χ1v) is 10.6. The second-order valence-corrected chi connectivity index (χ2v) is 8.39. The summed E-state index contributed by atoms with van der Waals surface area (Å²) >= 11 is 1.61. The van der Waals surface area contributed by atoms with Gasteiger partial charge in [0.2, 0.25) is 12.7 Å². The van der Waals surface area contributed by atoms with Crippen LogP contribution in [0.1, 0.15) is 21.1 Å². The van der Waals surface area contributed by atoms with Crippen molar-refractivity contribution in [1.82, 2.24) is 4.98 Å². The van der Waals surface area contributed by atoms with E-state index in [2.05, 4.69) is 47.8 Å². The van der Waals surface area contributed by atoms with Gasteiger partial charge in [-0.2, -0.15) is 0 Å². The van der Waals surface area contributed by atoms with Crippen LogP contribution in [0.3, 0.4) is 0 Å². The lowest BCUT2D eigenvalue weighted by Crippen LogP contribution is -2.14. The zero-order valence-corrected chi connectivity index (χ0v) is 17.3. The predicted octanol–water partition coefficient (Wildman–Crippen LogP) is 5.11. The first kappa shape index (κ1) is 18.6. The molecular formula is C24H20N2O3S. The van der Waals surface area contributed by atoms with Crippen LogP contribution in [0.15, 0.2) is 60.7 Å². The van der Waals surface area contributed by atoms with Crippen LogP contribution >= 0.6 is 11.3 Å². The number of carbonyl (C=O) groups excluding carboxylic acids is 1. The van der Waals surface area contributed by atoms with Gasteiger partial charge in [-0.1, -0.05) is 42.5 Å². The van der Waals surface area contributed by atoms with E-state index in [0.29, 0.717) is 23.6 Å². The number of carbonyl (C=O) groups is 1. The van der Waals surface area contributed by atoms with E-state index in [1.165, 1.54) is 16.3 Å². The minimum atomic E-state index is -0.0719. The molecule has 5 rings (SSSR count). The van der Waals surface area contributed by atoms with Crippen LogP contribution in [0.4, 0.5) is 5.69 Å². The van der Waals surface area contributed by atoms with E-state index in [0.717, 1.165) is 22.0 Å². The summed E-state index contributed by atoms with van der Waals surface area (Å²) in [6.07, 6.45) is 1.06. The van der Waals surface area contributed by atoms with Gasteiger partial charge in [-0.3, -0.25) is 4.79 Å². The molecule has 0 atom stereocenters. The third kappa shape index (κ3) is 3.74. The number of anilines is 1. The van der Waals surface area contributed by atoms with E-state index < -0.39 is 0 Å². The normalized spacial score (nSPS) is 12.3. The van der Waals surface area contributed by atoms with Gasteiger partial charge in [-0.15, -0.1) is 11.3 Å². The smallest absolute Gasteiger partial charge is 0.231 e. The topological polar surface area (TPSA) is 60.5 Å². The van der Waals surface area contributed by atoms with Crippen molar-refractivity contribution in [3.05, 3.63) is 81.8 Å². The van der Waals surface area contributed by atoms with E-state index >= 15 is 0 Å². The van der Waals surface area contributed by atoms with E-state index in [-0.39, 0.29) is 12.7 Å². The monoisotopic (exact) mass is 416 g/mol. The molecule has 0 fully saturated rings. The average Bonchev–Trinajstić information content (AvgIpc) is 3.34. The van der Waals surface area contributed by atoms with Crippen molar-refractivity contribution in [3.63, 3.8) is 0 Å². The van der Waals surface area contributed by atoms with E-state index in [9.17, 15) is 4.79 Å². The molecule has 0 unspecified atom stereocenters. The number of amides is 1. The lowest BCUT2D eigenvalue weighted by atomic mass is 10.0. The van der Waals surface area contributed by atoms with Crippen LogP contribution in [0, 0.1) is 6.92 Å². The molecule has 30 heavy (non-hydrogen) atoms. The molecule has 0 radical (unpaired) electrons. The Balaban J connectivity index is 1.30. The van der Waals surface area contributed by atoms with Crippen LogP contribution < -0.4 is 14.8 Å². The Bertz CT molecular complexity index is 1240. The number of thiazole rings is 1. The summed E-state index contributed by atoms with van der Waals surface area (Å²) in [6.45, 7) is 2.18. The first-order chi connectivity index (χ1) is 14.7. The molecule has 6 heteroatoms. The number of fused-ring (bicyclic) bond motifs is 2. The van der Waals surface area contributed by atoms with Crippen LogP contribution in [-0.2, 0) is 17.6 Å². The van der Waals surface area contributed by atoms with Gasteiger partial charge in [0.25, 0.3) is 0 Å². The van der Waals surface area contributed by atoms with Gasteiger partial charge >= 0.3 is 0 Å². The number of nitrogens with one attached hydrogen (secondary N) is 1. The zero-order valence-electron chi connectivity index (χ0n) is 16.5. The summed E-state index contributed by atoms with van der Waals surface area (Å²) in [4.78, 5) is 18.3. The molecule has 0 bridgehead atoms. The number of benzene rings is 3. The maximum Gasteiger partial charge on any atom is 0.231 e. The van der Waals surface area contributed by atoms with Crippen LogP contribution in [0.2, 0.25) is 0 Å². The van der Waals surface area contributed by atoms with Crippen molar-refractivity contribution in [1.29, 1.82) is 0 Å². The maximum absolute atomic E-state index is 12.6. The lowest BCUT2D eigenvalue weighted by molar-refractivity contribution is -0.115. The summed E-state index contributed by atoms with van der Waals surface area (Å²) in [5.74, 6) is 1.28. The zero-order chi connectivity index (χ0) is 20.5. The summed E-state index contributed by atoms with van der Waals surface area (Å²) in [5, 5.41) is 6.43. The van der Waals surface area contributed by atoms with Gasteiger partial charge in [-0.25, -0.2) is 4.98 Å². The fourth-order valence-corrected chi connectivity index (χ4v) is 4.75. The van der Waals surface area contributed by atoms with Crippen molar-refractivity contribution in [2.75, 3.05) is 12.1 Å². The van der Waals surface area contributed by atoms with Crippen molar-refractivity contribution < 1.29 is 14.3 Å². The molecule has 0 saturated heterocycles. The second kappa shape index (κ2) is 7.80. The van der Waals surface area contributed by atoms with Crippen LogP contribution in [-0.4, -0.2) is 17.7 Å². The quantitative estimate of drug-likeness (QED) is 0.491. The standard InChI is InChI=1S/C24H20N2O3S/c1-15-22(13-23(27)26-18-9-10-20-21(12-18)29-14-28-20)30-24(25-15)11-17-7-4-6-16-5-2-3-8-19(16)17/h2-10,12H,11,13-14H2,1H3,(H,26,27). The highest BCUT2D eigenvalue weighted by atomic mass is 32.1. The highest BCUT2D eigenvalue weighted by molar-refractivity contribution is 7.11. The number of rotatable bonds is 5. The molecule has 2 heterocycles. The molecule has 3 aromatic carbocycles. The number of aromatic nitrogens is 1. The molecule has 1 N–H and O–H groups in total. The lowest BCUT2D eigenvalue weighted by Gasteiger charge is -2.05. The Kier molecular flexibility index (Phi) is 4.85. The first-order valence-electron chi connectivity index (χ1n) is 9.77. The molecule has 0 aliphatic carbocycles. The Morgan fingerprint density at radius 2 is 1.90 bits per heavy atom. The highest BCUT2D eigenvalue weighted by Gasteiger charge is 2.16. The maximum atomic E-state index is 12.6. The van der Waals surface area contributed by atoms with Crippen LogP contribution in [0.5, 0.6) is 11.5 Å². The second-order valence-electron chi connectivity index (χ2n) is 7.22. The van der Waals surface area contributed by atoms with Gasteiger partial charge in [-0.05, 0) is 35.4 Å². The SMILES string of the molecule is Cc1nc(Cc2cccc3ccccc23)sc1CC(=O)Nc1ccc2c(c1)OCO2. The predicted molar refractivity (Wildman–Crippen MR) is 119 cm³/mol. The Morgan fingerprint density at radius 3 is 2.83 bits per heavy atom.